The average molecular weight is 687 g/mol. The van der Waals surface area contributed by atoms with E-state index >= 15 is 0 Å². The van der Waals surface area contributed by atoms with Gasteiger partial charge >= 0.3 is 0 Å². The fraction of sp³-hybridized carbons (Fsp3) is 0.564. The first kappa shape index (κ1) is 36.9. The number of rotatable bonds is 11. The van der Waals surface area contributed by atoms with Gasteiger partial charge in [0.2, 0.25) is 17.7 Å². The van der Waals surface area contributed by atoms with E-state index in [1.807, 2.05) is 30.5 Å². The summed E-state index contributed by atoms with van der Waals surface area (Å²) in [6.45, 7) is 3.08. The molecule has 11 nitrogen and oxygen atoms in total. The molecular formula is C39H54N6O5. The molecule has 2 fully saturated rings. The summed E-state index contributed by atoms with van der Waals surface area (Å²) in [6, 6.07) is 12.7. The van der Waals surface area contributed by atoms with E-state index in [1.165, 1.54) is 64.2 Å². The molecule has 1 aliphatic heterocycles. The van der Waals surface area contributed by atoms with E-state index in [0.29, 0.717) is 48.0 Å². The van der Waals surface area contributed by atoms with Crippen molar-refractivity contribution in [3.05, 3.63) is 48.7 Å². The largest absolute Gasteiger partial charge is 0.497 e. The van der Waals surface area contributed by atoms with Crippen molar-refractivity contribution in [2.24, 2.45) is 5.92 Å². The number of carbonyl (C=O) groups excluding carboxylic acids is 3. The summed E-state index contributed by atoms with van der Waals surface area (Å²) in [4.78, 5) is 40.6. The minimum Gasteiger partial charge on any atom is -0.497 e. The second-order valence-electron chi connectivity index (χ2n) is 14.1. The number of carbonyl (C=O) groups is 3. The Kier molecular flexibility index (Phi) is 13.3. The van der Waals surface area contributed by atoms with Gasteiger partial charge in [-0.15, -0.1) is 5.10 Å². The summed E-state index contributed by atoms with van der Waals surface area (Å²) in [5.41, 5.74) is 2.67. The second-order valence-corrected chi connectivity index (χ2v) is 14.1. The summed E-state index contributed by atoms with van der Waals surface area (Å²) >= 11 is 0. The first-order chi connectivity index (χ1) is 24.3. The van der Waals surface area contributed by atoms with Crippen LogP contribution in [0.25, 0.3) is 11.3 Å². The Morgan fingerprint density at radius 2 is 1.56 bits per heavy atom. The van der Waals surface area contributed by atoms with Gasteiger partial charge in [0.05, 0.1) is 32.0 Å². The zero-order chi connectivity index (χ0) is 35.3. The molecule has 2 aliphatic rings. The molecule has 1 saturated heterocycles. The maximum Gasteiger partial charge on any atom is 0.229 e. The minimum absolute atomic E-state index is 0.106. The molecule has 1 aliphatic carbocycles. The zero-order valence-corrected chi connectivity index (χ0v) is 30.0. The third-order valence-electron chi connectivity index (χ3n) is 10.1. The molecule has 1 unspecified atom stereocenters. The molecule has 3 amide bonds. The number of ether oxygens (including phenoxy) is 2. The number of anilines is 2. The minimum atomic E-state index is -0.507. The Morgan fingerprint density at radius 3 is 2.20 bits per heavy atom. The third-order valence-corrected chi connectivity index (χ3v) is 10.1. The highest BCUT2D eigenvalue weighted by Crippen LogP contribution is 2.36. The van der Waals surface area contributed by atoms with E-state index in [0.717, 1.165) is 18.4 Å². The Bertz CT molecular complexity index is 1560. The van der Waals surface area contributed by atoms with Gasteiger partial charge in [-0.05, 0) is 50.5 Å². The number of hydrogen-bond donors (Lipinski definition) is 2. The lowest BCUT2D eigenvalue weighted by molar-refractivity contribution is -0.123. The molecule has 1 atom stereocenters. The third kappa shape index (κ3) is 10.3. The number of aryl methyl sites for hydroxylation is 1. The maximum atomic E-state index is 13.1. The molecule has 3 aromatic rings. The fourth-order valence-corrected chi connectivity index (χ4v) is 7.13. The van der Waals surface area contributed by atoms with Crippen LogP contribution in [0.2, 0.25) is 0 Å². The summed E-state index contributed by atoms with van der Waals surface area (Å²) in [6.07, 6.45) is 18.1. The van der Waals surface area contributed by atoms with E-state index in [2.05, 4.69) is 27.9 Å². The van der Waals surface area contributed by atoms with Crippen molar-refractivity contribution in [1.29, 1.82) is 0 Å². The summed E-state index contributed by atoms with van der Waals surface area (Å²) in [7, 11) is 3.11. The SMILES string of the molecule is COc1ccc(OC)c(N2CC(C(=O)Nc3ccc(-c4cn(CCCC(=O)NC5(C)CCCCCCCCCCCC5)nn4)cc3)CC2=O)c1. The number of hydrogen-bond acceptors (Lipinski definition) is 7. The van der Waals surface area contributed by atoms with E-state index in [1.54, 1.807) is 42.0 Å². The van der Waals surface area contributed by atoms with Crippen LogP contribution in [0.3, 0.4) is 0 Å². The van der Waals surface area contributed by atoms with Gasteiger partial charge in [0.1, 0.15) is 17.2 Å². The molecule has 270 valence electrons. The van der Waals surface area contributed by atoms with E-state index in [-0.39, 0.29) is 36.2 Å². The van der Waals surface area contributed by atoms with Crippen LogP contribution in [-0.4, -0.2) is 59.0 Å². The van der Waals surface area contributed by atoms with Crippen molar-refractivity contribution in [2.45, 2.75) is 115 Å². The molecular weight excluding hydrogens is 632 g/mol. The predicted octanol–water partition coefficient (Wildman–Crippen LogP) is 7.30. The smallest absolute Gasteiger partial charge is 0.229 e. The highest BCUT2D eigenvalue weighted by molar-refractivity contribution is 6.04. The highest BCUT2D eigenvalue weighted by atomic mass is 16.5. The number of nitrogens with zero attached hydrogens (tertiary/aromatic N) is 4. The molecule has 1 saturated carbocycles. The number of aromatic nitrogens is 3. The van der Waals surface area contributed by atoms with Gasteiger partial charge in [-0.2, -0.15) is 0 Å². The molecule has 0 radical (unpaired) electrons. The predicted molar refractivity (Wildman–Crippen MR) is 195 cm³/mol. The Labute approximate surface area is 296 Å². The first-order valence-electron chi connectivity index (χ1n) is 18.4. The molecule has 5 rings (SSSR count). The van der Waals surface area contributed by atoms with Crippen molar-refractivity contribution in [3.63, 3.8) is 0 Å². The van der Waals surface area contributed by atoms with Gasteiger partial charge in [0.25, 0.3) is 0 Å². The second kappa shape index (κ2) is 18.0. The molecule has 50 heavy (non-hydrogen) atoms. The maximum absolute atomic E-state index is 13.1. The quantitative estimate of drug-likeness (QED) is 0.217. The Hall–Kier alpha value is -4.41. The summed E-state index contributed by atoms with van der Waals surface area (Å²) in [5, 5.41) is 15.0. The van der Waals surface area contributed by atoms with Gasteiger partial charge in [-0.3, -0.25) is 19.1 Å². The van der Waals surface area contributed by atoms with Crippen LogP contribution < -0.4 is 25.0 Å². The van der Waals surface area contributed by atoms with E-state index in [4.69, 9.17) is 9.47 Å². The van der Waals surface area contributed by atoms with Crippen LogP contribution in [0, 0.1) is 5.92 Å². The van der Waals surface area contributed by atoms with Gasteiger partial charge in [0.15, 0.2) is 0 Å². The zero-order valence-electron chi connectivity index (χ0n) is 30.0. The van der Waals surface area contributed by atoms with Crippen molar-refractivity contribution < 1.29 is 23.9 Å². The van der Waals surface area contributed by atoms with Crippen LogP contribution in [0.1, 0.15) is 103 Å². The lowest BCUT2D eigenvalue weighted by atomic mass is 9.88. The first-order valence-corrected chi connectivity index (χ1v) is 18.4. The summed E-state index contributed by atoms with van der Waals surface area (Å²) in [5.74, 6) is 0.384. The van der Waals surface area contributed by atoms with Crippen molar-refractivity contribution in [3.8, 4) is 22.8 Å². The van der Waals surface area contributed by atoms with E-state index < -0.39 is 5.92 Å². The van der Waals surface area contributed by atoms with Gasteiger partial charge in [-0.25, -0.2) is 0 Å². The standard InChI is InChI=1S/C39H54N6O5/c1-39(22-12-10-8-6-4-5-7-9-11-13-23-39)41-36(46)15-14-24-44-28-33(42-43-44)29-16-18-31(19-17-29)40-38(48)30-25-37(47)45(27-30)34-26-32(49-2)20-21-35(34)50-3/h16-21,26,28,30H,4-15,22-25,27H2,1-3H3,(H,40,48)(H,41,46). The number of methoxy groups -OCH3 is 2. The number of benzene rings is 2. The van der Waals surface area contributed by atoms with Gasteiger partial charge in [0, 0.05) is 48.8 Å². The normalized spacial score (nSPS) is 18.7. The topological polar surface area (TPSA) is 128 Å². The molecule has 2 aromatic carbocycles. The van der Waals surface area contributed by atoms with Crippen LogP contribution in [0.15, 0.2) is 48.7 Å². The highest BCUT2D eigenvalue weighted by Gasteiger charge is 2.36. The molecule has 2 heterocycles. The van der Waals surface area contributed by atoms with Crippen LogP contribution in [0.4, 0.5) is 11.4 Å². The lowest BCUT2D eigenvalue weighted by Gasteiger charge is -2.31. The number of nitrogens with one attached hydrogen (secondary N) is 2. The Morgan fingerprint density at radius 1 is 0.900 bits per heavy atom. The molecule has 0 bridgehead atoms. The van der Waals surface area contributed by atoms with Crippen LogP contribution in [0.5, 0.6) is 11.5 Å². The molecule has 11 heteroatoms. The fourth-order valence-electron chi connectivity index (χ4n) is 7.13. The van der Waals surface area contributed by atoms with E-state index in [9.17, 15) is 14.4 Å². The van der Waals surface area contributed by atoms with Crippen molar-refractivity contribution >= 4 is 29.1 Å². The van der Waals surface area contributed by atoms with Gasteiger partial charge < -0.3 is 25.0 Å². The Balaban J connectivity index is 1.08. The molecule has 2 N–H and O–H groups in total. The molecule has 1 aromatic heterocycles. The summed E-state index contributed by atoms with van der Waals surface area (Å²) < 4.78 is 12.5. The average Bonchev–Trinajstić information content (AvgIpc) is 3.75. The molecule has 0 spiro atoms. The van der Waals surface area contributed by atoms with Crippen molar-refractivity contribution in [2.75, 3.05) is 31.0 Å². The van der Waals surface area contributed by atoms with Crippen LogP contribution in [-0.2, 0) is 20.9 Å². The van der Waals surface area contributed by atoms with Crippen molar-refractivity contribution in [1.82, 2.24) is 20.3 Å². The monoisotopic (exact) mass is 686 g/mol. The lowest BCUT2D eigenvalue weighted by Crippen LogP contribution is -2.46. The van der Waals surface area contributed by atoms with Crippen LogP contribution >= 0.6 is 0 Å². The van der Waals surface area contributed by atoms with Gasteiger partial charge in [-0.1, -0.05) is 81.6 Å². The number of amides is 3.